The molecule has 3 rings (SSSR count). The van der Waals surface area contributed by atoms with Crippen molar-refractivity contribution in [3.63, 3.8) is 0 Å². The molecule has 7 heteroatoms. The van der Waals surface area contributed by atoms with Crippen molar-refractivity contribution < 1.29 is 4.79 Å². The van der Waals surface area contributed by atoms with Gasteiger partial charge in [-0.1, -0.05) is 42.1 Å². The van der Waals surface area contributed by atoms with Gasteiger partial charge < -0.3 is 4.90 Å². The molecule has 0 unspecified atom stereocenters. The maximum Gasteiger partial charge on any atom is 0.214 e. The highest BCUT2D eigenvalue weighted by Gasteiger charge is 2.12. The number of ketones is 1. The summed E-state index contributed by atoms with van der Waals surface area (Å²) in [5, 5.41) is 12.4. The Morgan fingerprint density at radius 1 is 1.08 bits per heavy atom. The first-order chi connectivity index (χ1) is 11.6. The van der Waals surface area contributed by atoms with E-state index in [2.05, 4.69) is 15.5 Å². The average Bonchev–Trinajstić information content (AvgIpc) is 3.09. The summed E-state index contributed by atoms with van der Waals surface area (Å²) in [6.07, 6.45) is 0. The molecule has 122 valence electrons. The Morgan fingerprint density at radius 3 is 2.46 bits per heavy atom. The zero-order valence-electron chi connectivity index (χ0n) is 13.5. The van der Waals surface area contributed by atoms with Crippen LogP contribution in [-0.4, -0.2) is 45.8 Å². The lowest BCUT2D eigenvalue weighted by Crippen LogP contribution is -2.09. The van der Waals surface area contributed by atoms with Crippen LogP contribution in [0, 0.1) is 0 Å². The topological polar surface area (TPSA) is 63.9 Å². The third kappa shape index (κ3) is 3.62. The second kappa shape index (κ2) is 7.27. The van der Waals surface area contributed by atoms with E-state index in [4.69, 9.17) is 0 Å². The normalized spacial score (nSPS) is 10.6. The van der Waals surface area contributed by atoms with E-state index in [0.29, 0.717) is 16.5 Å². The van der Waals surface area contributed by atoms with Gasteiger partial charge in [-0.3, -0.25) is 4.79 Å². The fraction of sp³-hybridized carbons (Fsp3) is 0.176. The summed E-state index contributed by atoms with van der Waals surface area (Å²) in [7, 11) is 3.98. The molecule has 24 heavy (non-hydrogen) atoms. The SMILES string of the molecule is CN(C)c1ccc(-n2nnnc2SCC(=O)c2ccccc2)cc1. The number of anilines is 1. The number of benzene rings is 2. The van der Waals surface area contributed by atoms with Gasteiger partial charge in [0.15, 0.2) is 5.78 Å². The highest BCUT2D eigenvalue weighted by molar-refractivity contribution is 7.99. The van der Waals surface area contributed by atoms with E-state index in [9.17, 15) is 4.79 Å². The van der Waals surface area contributed by atoms with Crippen molar-refractivity contribution in [3.8, 4) is 5.69 Å². The number of carbonyl (C=O) groups is 1. The van der Waals surface area contributed by atoms with Crippen LogP contribution in [-0.2, 0) is 0 Å². The summed E-state index contributed by atoms with van der Waals surface area (Å²) in [6, 6.07) is 17.1. The molecule has 0 radical (unpaired) electrons. The van der Waals surface area contributed by atoms with Gasteiger partial charge in [-0.25, -0.2) is 0 Å². The van der Waals surface area contributed by atoms with Crippen LogP contribution in [0.5, 0.6) is 0 Å². The van der Waals surface area contributed by atoms with Crippen LogP contribution in [0.15, 0.2) is 59.8 Å². The number of hydrogen-bond acceptors (Lipinski definition) is 6. The first-order valence-corrected chi connectivity index (χ1v) is 8.41. The predicted molar refractivity (Wildman–Crippen MR) is 95.0 cm³/mol. The van der Waals surface area contributed by atoms with Crippen LogP contribution < -0.4 is 4.90 Å². The summed E-state index contributed by atoms with van der Waals surface area (Å²) < 4.78 is 1.64. The predicted octanol–water partition coefficient (Wildman–Crippen LogP) is 2.70. The average molecular weight is 339 g/mol. The van der Waals surface area contributed by atoms with Crippen LogP contribution in [0.2, 0.25) is 0 Å². The fourth-order valence-corrected chi connectivity index (χ4v) is 2.95. The van der Waals surface area contributed by atoms with Crippen molar-refractivity contribution in [3.05, 3.63) is 60.2 Å². The second-order valence-electron chi connectivity index (χ2n) is 5.36. The number of thioether (sulfide) groups is 1. The van der Waals surface area contributed by atoms with Gasteiger partial charge in [-0.05, 0) is 34.7 Å². The maximum atomic E-state index is 12.2. The summed E-state index contributed by atoms with van der Waals surface area (Å²) in [5.74, 6) is 0.346. The standard InChI is InChI=1S/C17H17N5OS/c1-21(2)14-8-10-15(11-9-14)22-17(18-19-20-22)24-12-16(23)13-6-4-3-5-7-13/h3-11H,12H2,1-2H3. The van der Waals surface area contributed by atoms with E-state index in [1.54, 1.807) is 4.68 Å². The highest BCUT2D eigenvalue weighted by atomic mass is 32.2. The van der Waals surface area contributed by atoms with Crippen LogP contribution in [0.4, 0.5) is 5.69 Å². The van der Waals surface area contributed by atoms with Crippen molar-refractivity contribution in [2.45, 2.75) is 5.16 Å². The molecule has 0 aliphatic carbocycles. The summed E-state index contributed by atoms with van der Waals surface area (Å²) in [4.78, 5) is 14.2. The third-order valence-corrected chi connectivity index (χ3v) is 4.40. The quantitative estimate of drug-likeness (QED) is 0.508. The number of nitrogens with zero attached hydrogens (tertiary/aromatic N) is 5. The molecule has 3 aromatic rings. The molecule has 1 aromatic heterocycles. The lowest BCUT2D eigenvalue weighted by Gasteiger charge is -2.12. The van der Waals surface area contributed by atoms with Crippen LogP contribution >= 0.6 is 11.8 Å². The molecule has 0 fully saturated rings. The molecule has 0 aliphatic rings. The minimum Gasteiger partial charge on any atom is -0.378 e. The van der Waals surface area contributed by atoms with Crippen molar-refractivity contribution >= 4 is 23.2 Å². The lowest BCUT2D eigenvalue weighted by molar-refractivity contribution is 0.102. The Kier molecular flexibility index (Phi) is 4.90. The number of Topliss-reactive ketones (excluding diaryl/α,β-unsaturated/α-hetero) is 1. The molecule has 0 saturated carbocycles. The molecule has 0 spiro atoms. The Hall–Kier alpha value is -2.67. The molecule has 6 nitrogen and oxygen atoms in total. The minimum atomic E-state index is 0.0538. The summed E-state index contributed by atoms with van der Waals surface area (Å²) in [6.45, 7) is 0. The molecule has 0 bridgehead atoms. The zero-order chi connectivity index (χ0) is 16.9. The molecule has 1 heterocycles. The van der Waals surface area contributed by atoms with Crippen molar-refractivity contribution in [1.29, 1.82) is 0 Å². The van der Waals surface area contributed by atoms with Gasteiger partial charge >= 0.3 is 0 Å². The summed E-state index contributed by atoms with van der Waals surface area (Å²) >= 11 is 1.33. The molecule has 2 aromatic carbocycles. The van der Waals surface area contributed by atoms with E-state index < -0.39 is 0 Å². The van der Waals surface area contributed by atoms with Crippen LogP contribution in [0.25, 0.3) is 5.69 Å². The molecular weight excluding hydrogens is 322 g/mol. The molecule has 0 N–H and O–H groups in total. The fourth-order valence-electron chi connectivity index (χ4n) is 2.16. The monoisotopic (exact) mass is 339 g/mol. The number of aromatic nitrogens is 4. The van der Waals surface area contributed by atoms with E-state index >= 15 is 0 Å². The van der Waals surface area contributed by atoms with E-state index in [0.717, 1.165) is 11.4 Å². The van der Waals surface area contributed by atoms with Gasteiger partial charge in [-0.15, -0.1) is 5.10 Å². The smallest absolute Gasteiger partial charge is 0.214 e. The van der Waals surface area contributed by atoms with Crippen molar-refractivity contribution in [1.82, 2.24) is 20.2 Å². The number of rotatable bonds is 6. The Morgan fingerprint density at radius 2 is 1.79 bits per heavy atom. The van der Waals surface area contributed by atoms with Gasteiger partial charge in [0, 0.05) is 25.3 Å². The minimum absolute atomic E-state index is 0.0538. The molecule has 0 atom stereocenters. The van der Waals surface area contributed by atoms with Gasteiger partial charge in [0.25, 0.3) is 0 Å². The molecule has 0 aliphatic heterocycles. The third-order valence-electron chi connectivity index (χ3n) is 3.48. The van der Waals surface area contributed by atoms with Crippen LogP contribution in [0.3, 0.4) is 0 Å². The maximum absolute atomic E-state index is 12.2. The lowest BCUT2D eigenvalue weighted by atomic mass is 10.2. The summed E-state index contributed by atoms with van der Waals surface area (Å²) in [5.41, 5.74) is 2.65. The molecule has 0 amide bonds. The van der Waals surface area contributed by atoms with Gasteiger partial charge in [-0.2, -0.15) is 4.68 Å². The number of tetrazole rings is 1. The second-order valence-corrected chi connectivity index (χ2v) is 6.30. The first-order valence-electron chi connectivity index (χ1n) is 7.42. The van der Waals surface area contributed by atoms with Gasteiger partial charge in [0.1, 0.15) is 0 Å². The van der Waals surface area contributed by atoms with E-state index in [-0.39, 0.29) is 5.78 Å². The highest BCUT2D eigenvalue weighted by Crippen LogP contribution is 2.21. The Labute approximate surface area is 144 Å². The Bertz CT molecular complexity index is 815. The molecular formula is C17H17N5OS. The number of hydrogen-bond donors (Lipinski definition) is 0. The van der Waals surface area contributed by atoms with Crippen molar-refractivity contribution in [2.24, 2.45) is 0 Å². The molecule has 0 saturated heterocycles. The largest absolute Gasteiger partial charge is 0.378 e. The van der Waals surface area contributed by atoms with Gasteiger partial charge in [0.2, 0.25) is 5.16 Å². The number of carbonyl (C=O) groups excluding carboxylic acids is 1. The van der Waals surface area contributed by atoms with Crippen LogP contribution in [0.1, 0.15) is 10.4 Å². The first kappa shape index (κ1) is 16.2. The van der Waals surface area contributed by atoms with E-state index in [1.165, 1.54) is 11.8 Å². The van der Waals surface area contributed by atoms with Gasteiger partial charge in [0.05, 0.1) is 11.4 Å². The zero-order valence-corrected chi connectivity index (χ0v) is 14.3. The Balaban J connectivity index is 1.72. The van der Waals surface area contributed by atoms with Crippen molar-refractivity contribution in [2.75, 3.05) is 24.7 Å². The van der Waals surface area contributed by atoms with E-state index in [1.807, 2.05) is 73.6 Å².